The normalized spacial score (nSPS) is 11.8. The van der Waals surface area contributed by atoms with E-state index in [1.54, 1.807) is 24.3 Å². The largest absolute Gasteiger partial charge is 0.492 e. The molecule has 130 valence electrons. The minimum atomic E-state index is -4.33. The van der Waals surface area contributed by atoms with Gasteiger partial charge in [-0.2, -0.15) is 4.31 Å². The smallest absolute Gasteiger partial charge is 0.245 e. The van der Waals surface area contributed by atoms with Crippen LogP contribution in [-0.2, 0) is 10.0 Å². The summed E-state index contributed by atoms with van der Waals surface area (Å²) in [6.45, 7) is -0.172. The standard InChI is InChI=1S/C15H13ClF3NO3S/c1-20(7-8-23-11-4-2-3-10(16)9-11)24(21,22)13-6-5-12(17)14(18)15(13)19/h2-6,9H,7-8H2,1H3. The molecule has 0 heterocycles. The Labute approximate surface area is 142 Å². The molecular formula is C15H13ClF3NO3S. The van der Waals surface area contributed by atoms with Gasteiger partial charge in [-0.3, -0.25) is 0 Å². The maximum atomic E-state index is 13.7. The second-order valence-corrected chi connectivity index (χ2v) is 7.26. The van der Waals surface area contributed by atoms with Gasteiger partial charge in [0.2, 0.25) is 10.0 Å². The first-order chi connectivity index (χ1) is 11.2. The number of benzene rings is 2. The van der Waals surface area contributed by atoms with Crippen LogP contribution in [0, 0.1) is 17.5 Å². The van der Waals surface area contributed by atoms with Crippen LogP contribution in [0.15, 0.2) is 41.3 Å². The second kappa shape index (κ2) is 7.42. The van der Waals surface area contributed by atoms with Gasteiger partial charge in [0.1, 0.15) is 17.3 Å². The van der Waals surface area contributed by atoms with Crippen LogP contribution in [0.5, 0.6) is 5.75 Å². The van der Waals surface area contributed by atoms with Crippen molar-refractivity contribution in [2.24, 2.45) is 0 Å². The van der Waals surface area contributed by atoms with E-state index in [9.17, 15) is 21.6 Å². The van der Waals surface area contributed by atoms with Crippen LogP contribution in [0.3, 0.4) is 0 Å². The van der Waals surface area contributed by atoms with Gasteiger partial charge in [-0.1, -0.05) is 17.7 Å². The zero-order chi connectivity index (χ0) is 17.9. The summed E-state index contributed by atoms with van der Waals surface area (Å²) in [5.74, 6) is -4.61. The second-order valence-electron chi connectivity index (χ2n) is 4.81. The van der Waals surface area contributed by atoms with Crippen molar-refractivity contribution in [1.82, 2.24) is 4.31 Å². The molecular weight excluding hydrogens is 367 g/mol. The van der Waals surface area contributed by atoms with Gasteiger partial charge in [0.25, 0.3) is 0 Å². The Hall–Kier alpha value is -1.77. The maximum absolute atomic E-state index is 13.7. The predicted molar refractivity (Wildman–Crippen MR) is 83.1 cm³/mol. The Balaban J connectivity index is 2.08. The van der Waals surface area contributed by atoms with Gasteiger partial charge in [-0.05, 0) is 30.3 Å². The van der Waals surface area contributed by atoms with Crippen LogP contribution in [0.2, 0.25) is 5.02 Å². The molecule has 24 heavy (non-hydrogen) atoms. The Morgan fingerprint density at radius 3 is 2.50 bits per heavy atom. The molecule has 2 aromatic carbocycles. The van der Waals surface area contributed by atoms with Crippen LogP contribution in [0.4, 0.5) is 13.2 Å². The van der Waals surface area contributed by atoms with E-state index in [-0.39, 0.29) is 13.2 Å². The number of rotatable bonds is 6. The summed E-state index contributed by atoms with van der Waals surface area (Å²) < 4.78 is 70.4. The van der Waals surface area contributed by atoms with Crippen molar-refractivity contribution in [1.29, 1.82) is 0 Å². The molecule has 0 bridgehead atoms. The van der Waals surface area contributed by atoms with Crippen molar-refractivity contribution in [2.75, 3.05) is 20.2 Å². The average molecular weight is 380 g/mol. The average Bonchev–Trinajstić information content (AvgIpc) is 2.52. The lowest BCUT2D eigenvalue weighted by Gasteiger charge is -2.18. The molecule has 2 rings (SSSR count). The van der Waals surface area contributed by atoms with Crippen LogP contribution >= 0.6 is 11.6 Å². The minimum Gasteiger partial charge on any atom is -0.492 e. The number of halogens is 4. The maximum Gasteiger partial charge on any atom is 0.245 e. The van der Waals surface area contributed by atoms with Crippen molar-refractivity contribution in [3.05, 3.63) is 58.9 Å². The van der Waals surface area contributed by atoms with Gasteiger partial charge in [0.05, 0.1) is 0 Å². The molecule has 0 unspecified atom stereocenters. The summed E-state index contributed by atoms with van der Waals surface area (Å²) in [6.07, 6.45) is 0. The minimum absolute atomic E-state index is 0.0403. The fraction of sp³-hybridized carbons (Fsp3) is 0.200. The molecule has 2 aromatic rings. The topological polar surface area (TPSA) is 46.6 Å². The summed E-state index contributed by atoms with van der Waals surface area (Å²) in [7, 11) is -3.15. The molecule has 0 aliphatic rings. The first-order valence-electron chi connectivity index (χ1n) is 6.71. The number of sulfonamides is 1. The molecule has 0 aromatic heterocycles. The van der Waals surface area contributed by atoms with Crippen molar-refractivity contribution in [2.45, 2.75) is 4.90 Å². The molecule has 0 saturated carbocycles. The highest BCUT2D eigenvalue weighted by Gasteiger charge is 2.27. The van der Waals surface area contributed by atoms with Gasteiger partial charge < -0.3 is 4.74 Å². The molecule has 0 amide bonds. The number of ether oxygens (including phenoxy) is 1. The number of hydrogen-bond donors (Lipinski definition) is 0. The molecule has 0 saturated heterocycles. The highest BCUT2D eigenvalue weighted by molar-refractivity contribution is 7.89. The first-order valence-corrected chi connectivity index (χ1v) is 8.53. The van der Waals surface area contributed by atoms with Gasteiger partial charge in [0.15, 0.2) is 17.5 Å². The fourth-order valence-corrected chi connectivity index (χ4v) is 3.23. The van der Waals surface area contributed by atoms with Crippen molar-refractivity contribution in [3.8, 4) is 5.75 Å². The lowest BCUT2D eigenvalue weighted by atomic mass is 10.3. The first kappa shape index (κ1) is 18.6. The highest BCUT2D eigenvalue weighted by Crippen LogP contribution is 2.22. The highest BCUT2D eigenvalue weighted by atomic mass is 35.5. The Morgan fingerprint density at radius 2 is 1.83 bits per heavy atom. The Bertz CT molecular complexity index is 846. The third kappa shape index (κ3) is 4.00. The van der Waals surface area contributed by atoms with E-state index in [0.717, 1.165) is 4.31 Å². The van der Waals surface area contributed by atoms with Crippen LogP contribution < -0.4 is 4.74 Å². The molecule has 0 fully saturated rings. The monoisotopic (exact) mass is 379 g/mol. The van der Waals surface area contributed by atoms with E-state index in [0.29, 0.717) is 22.9 Å². The quantitative estimate of drug-likeness (QED) is 0.722. The van der Waals surface area contributed by atoms with Crippen molar-refractivity contribution >= 4 is 21.6 Å². The van der Waals surface area contributed by atoms with E-state index in [4.69, 9.17) is 16.3 Å². The summed E-state index contributed by atoms with van der Waals surface area (Å²) in [4.78, 5) is -0.938. The van der Waals surface area contributed by atoms with Gasteiger partial charge in [-0.15, -0.1) is 0 Å². The number of hydrogen-bond acceptors (Lipinski definition) is 3. The summed E-state index contributed by atoms with van der Waals surface area (Å²) in [5, 5.41) is 0.456. The zero-order valence-electron chi connectivity index (χ0n) is 12.5. The predicted octanol–water partition coefficient (Wildman–Crippen LogP) is 3.46. The van der Waals surface area contributed by atoms with Crippen LogP contribution in [-0.4, -0.2) is 32.9 Å². The summed E-state index contributed by atoms with van der Waals surface area (Å²) >= 11 is 5.79. The van der Waals surface area contributed by atoms with E-state index >= 15 is 0 Å². The third-order valence-electron chi connectivity index (χ3n) is 3.16. The fourth-order valence-electron chi connectivity index (χ4n) is 1.84. The molecule has 0 atom stereocenters. The summed E-state index contributed by atoms with van der Waals surface area (Å²) in [5.41, 5.74) is 0. The van der Waals surface area contributed by atoms with Crippen LogP contribution in [0.1, 0.15) is 0 Å². The van der Waals surface area contributed by atoms with E-state index in [1.165, 1.54) is 7.05 Å². The molecule has 4 nitrogen and oxygen atoms in total. The van der Waals surface area contributed by atoms with E-state index in [2.05, 4.69) is 0 Å². The third-order valence-corrected chi connectivity index (χ3v) is 5.27. The van der Waals surface area contributed by atoms with Crippen LogP contribution in [0.25, 0.3) is 0 Å². The Kier molecular flexibility index (Phi) is 5.74. The molecule has 0 spiro atoms. The SMILES string of the molecule is CN(CCOc1cccc(Cl)c1)S(=O)(=O)c1ccc(F)c(F)c1F. The molecule has 0 aliphatic carbocycles. The zero-order valence-corrected chi connectivity index (χ0v) is 14.0. The summed E-state index contributed by atoms with van der Waals surface area (Å²) in [6, 6.07) is 7.73. The Morgan fingerprint density at radius 1 is 1.12 bits per heavy atom. The van der Waals surface area contributed by atoms with Gasteiger partial charge >= 0.3 is 0 Å². The molecule has 0 N–H and O–H groups in total. The van der Waals surface area contributed by atoms with Crippen molar-refractivity contribution < 1.29 is 26.3 Å². The lowest BCUT2D eigenvalue weighted by Crippen LogP contribution is -2.31. The van der Waals surface area contributed by atoms with E-state index in [1.807, 2.05) is 0 Å². The van der Waals surface area contributed by atoms with E-state index < -0.39 is 32.4 Å². The molecule has 9 heteroatoms. The van der Waals surface area contributed by atoms with Gasteiger partial charge in [-0.25, -0.2) is 21.6 Å². The number of nitrogens with zero attached hydrogens (tertiary/aromatic N) is 1. The number of likely N-dealkylation sites (N-methyl/N-ethyl adjacent to an activating group) is 1. The van der Waals surface area contributed by atoms with Gasteiger partial charge in [0, 0.05) is 18.6 Å². The molecule has 0 radical (unpaired) electrons. The lowest BCUT2D eigenvalue weighted by molar-refractivity contribution is 0.286. The molecule has 0 aliphatic heterocycles. The van der Waals surface area contributed by atoms with Crippen molar-refractivity contribution in [3.63, 3.8) is 0 Å².